The molecule has 0 fully saturated rings. The lowest BCUT2D eigenvalue weighted by atomic mass is 10.0. The highest BCUT2D eigenvalue weighted by Crippen LogP contribution is 2.33. The minimum absolute atomic E-state index is 0.127. The summed E-state index contributed by atoms with van der Waals surface area (Å²) in [6.07, 6.45) is 0. The second-order valence-electron chi connectivity index (χ2n) is 4.06. The molecule has 0 amide bonds. The van der Waals surface area contributed by atoms with E-state index in [0.717, 1.165) is 21.7 Å². The van der Waals surface area contributed by atoms with Gasteiger partial charge >= 0.3 is 5.63 Å². The van der Waals surface area contributed by atoms with Crippen molar-refractivity contribution in [2.24, 2.45) is 0 Å². The number of hydrogen-bond donors (Lipinski definition) is 1. The van der Waals surface area contributed by atoms with Gasteiger partial charge in [-0.1, -0.05) is 24.3 Å². The molecule has 3 aromatic rings. The van der Waals surface area contributed by atoms with E-state index in [4.69, 9.17) is 4.42 Å². The molecule has 0 atom stereocenters. The molecular formula is C14H10O3. The van der Waals surface area contributed by atoms with Gasteiger partial charge in [0.2, 0.25) is 0 Å². The summed E-state index contributed by atoms with van der Waals surface area (Å²) in [5, 5.41) is 12.4. The molecule has 0 saturated heterocycles. The fourth-order valence-corrected chi connectivity index (χ4v) is 2.21. The van der Waals surface area contributed by atoms with Crippen LogP contribution >= 0.6 is 0 Å². The number of phenolic OH excluding ortho intramolecular Hbond substituents is 1. The van der Waals surface area contributed by atoms with E-state index in [1.165, 1.54) is 12.1 Å². The van der Waals surface area contributed by atoms with Gasteiger partial charge in [-0.05, 0) is 17.9 Å². The maximum atomic E-state index is 11.3. The molecule has 84 valence electrons. The Morgan fingerprint density at radius 1 is 1.12 bits per heavy atom. The number of aryl methyl sites for hydroxylation is 1. The molecule has 0 saturated carbocycles. The van der Waals surface area contributed by atoms with Gasteiger partial charge in [0.1, 0.15) is 11.3 Å². The summed E-state index contributed by atoms with van der Waals surface area (Å²) in [6, 6.07) is 10.5. The highest BCUT2D eigenvalue weighted by molar-refractivity contribution is 6.09. The van der Waals surface area contributed by atoms with Gasteiger partial charge in [0.15, 0.2) is 0 Å². The van der Waals surface area contributed by atoms with Crippen LogP contribution in [0.1, 0.15) is 5.56 Å². The molecule has 0 aliphatic carbocycles. The lowest BCUT2D eigenvalue weighted by Gasteiger charge is -2.06. The minimum atomic E-state index is -0.398. The quantitative estimate of drug-likeness (QED) is 0.473. The molecule has 17 heavy (non-hydrogen) atoms. The van der Waals surface area contributed by atoms with Gasteiger partial charge in [0.05, 0.1) is 0 Å². The maximum absolute atomic E-state index is 11.3. The second kappa shape index (κ2) is 3.35. The lowest BCUT2D eigenvalue weighted by molar-refractivity contribution is 0.479. The van der Waals surface area contributed by atoms with Gasteiger partial charge in [-0.15, -0.1) is 0 Å². The maximum Gasteiger partial charge on any atom is 0.336 e. The average Bonchev–Trinajstić information content (AvgIpc) is 2.28. The molecule has 1 N–H and O–H groups in total. The highest BCUT2D eigenvalue weighted by atomic mass is 16.4. The number of benzene rings is 2. The molecule has 0 radical (unpaired) electrons. The summed E-state index contributed by atoms with van der Waals surface area (Å²) in [4.78, 5) is 11.3. The number of aromatic hydroxyl groups is 1. The van der Waals surface area contributed by atoms with E-state index in [0.29, 0.717) is 5.58 Å². The van der Waals surface area contributed by atoms with Crippen molar-refractivity contribution in [3.05, 3.63) is 52.4 Å². The first-order valence-corrected chi connectivity index (χ1v) is 5.32. The van der Waals surface area contributed by atoms with E-state index in [1.807, 2.05) is 31.2 Å². The number of phenols is 1. The van der Waals surface area contributed by atoms with Crippen molar-refractivity contribution in [3.63, 3.8) is 0 Å². The van der Waals surface area contributed by atoms with Gasteiger partial charge in [0, 0.05) is 22.9 Å². The first-order valence-electron chi connectivity index (χ1n) is 5.32. The molecule has 0 aliphatic rings. The Morgan fingerprint density at radius 3 is 2.59 bits per heavy atom. The van der Waals surface area contributed by atoms with Gasteiger partial charge < -0.3 is 9.52 Å². The van der Waals surface area contributed by atoms with Crippen LogP contribution in [0.3, 0.4) is 0 Å². The van der Waals surface area contributed by atoms with Crippen LogP contribution in [0.4, 0.5) is 0 Å². The number of rotatable bonds is 0. The zero-order valence-corrected chi connectivity index (χ0v) is 9.23. The van der Waals surface area contributed by atoms with Crippen LogP contribution in [0.25, 0.3) is 21.7 Å². The molecule has 3 rings (SSSR count). The third kappa shape index (κ3) is 1.40. The zero-order valence-electron chi connectivity index (χ0n) is 9.23. The summed E-state index contributed by atoms with van der Waals surface area (Å²) in [5.41, 5.74) is 0.878. The van der Waals surface area contributed by atoms with Crippen molar-refractivity contribution in [1.29, 1.82) is 0 Å². The van der Waals surface area contributed by atoms with Crippen molar-refractivity contribution in [1.82, 2.24) is 0 Å². The largest absolute Gasteiger partial charge is 0.507 e. The monoisotopic (exact) mass is 226 g/mol. The molecule has 1 heterocycles. The summed E-state index contributed by atoms with van der Waals surface area (Å²) >= 11 is 0. The molecule has 0 aliphatic heterocycles. The Morgan fingerprint density at radius 2 is 1.82 bits per heavy atom. The van der Waals surface area contributed by atoms with Crippen LogP contribution in [-0.2, 0) is 0 Å². The van der Waals surface area contributed by atoms with Crippen molar-refractivity contribution in [2.45, 2.75) is 6.92 Å². The molecular weight excluding hydrogens is 216 g/mol. The van der Waals surface area contributed by atoms with Gasteiger partial charge in [-0.3, -0.25) is 0 Å². The van der Waals surface area contributed by atoms with Crippen LogP contribution in [0.5, 0.6) is 5.75 Å². The molecule has 3 heteroatoms. The van der Waals surface area contributed by atoms with E-state index in [-0.39, 0.29) is 5.75 Å². The van der Waals surface area contributed by atoms with Crippen LogP contribution in [0, 0.1) is 6.92 Å². The van der Waals surface area contributed by atoms with Crippen molar-refractivity contribution in [2.75, 3.05) is 0 Å². The molecule has 1 aromatic heterocycles. The highest BCUT2D eigenvalue weighted by Gasteiger charge is 2.09. The summed E-state index contributed by atoms with van der Waals surface area (Å²) in [6.45, 7) is 1.86. The van der Waals surface area contributed by atoms with E-state index >= 15 is 0 Å². The Balaban J connectivity index is 2.68. The Labute approximate surface area is 96.9 Å². The van der Waals surface area contributed by atoms with Crippen molar-refractivity contribution >= 4 is 21.7 Å². The topological polar surface area (TPSA) is 50.4 Å². The molecule has 2 aromatic carbocycles. The Bertz CT molecular complexity index is 784. The van der Waals surface area contributed by atoms with Crippen LogP contribution < -0.4 is 5.63 Å². The number of hydrogen-bond acceptors (Lipinski definition) is 3. The van der Waals surface area contributed by atoms with Crippen LogP contribution in [-0.4, -0.2) is 5.11 Å². The first kappa shape index (κ1) is 9.90. The predicted octanol–water partition coefficient (Wildman–Crippen LogP) is 2.96. The first-order chi connectivity index (χ1) is 8.16. The van der Waals surface area contributed by atoms with Crippen molar-refractivity contribution < 1.29 is 9.52 Å². The lowest BCUT2D eigenvalue weighted by Crippen LogP contribution is -1.98. The van der Waals surface area contributed by atoms with Crippen molar-refractivity contribution in [3.8, 4) is 5.75 Å². The molecule has 3 nitrogen and oxygen atoms in total. The predicted molar refractivity (Wildman–Crippen MR) is 66.4 cm³/mol. The van der Waals surface area contributed by atoms with E-state index in [2.05, 4.69) is 0 Å². The zero-order chi connectivity index (χ0) is 12.0. The van der Waals surface area contributed by atoms with Crippen LogP contribution in [0.15, 0.2) is 45.6 Å². The van der Waals surface area contributed by atoms with E-state index in [1.54, 1.807) is 0 Å². The van der Waals surface area contributed by atoms with Gasteiger partial charge in [-0.25, -0.2) is 4.79 Å². The standard InChI is InChI=1S/C14H10O3/c1-8-6-13(16)17-12-7-11(15)9-4-2-3-5-10(9)14(8)12/h2-7,15H,1H3. The smallest absolute Gasteiger partial charge is 0.336 e. The summed E-state index contributed by atoms with van der Waals surface area (Å²) in [5.74, 6) is 0.127. The molecule has 0 unspecified atom stereocenters. The summed E-state index contributed by atoms with van der Waals surface area (Å²) in [7, 11) is 0. The molecule has 0 bridgehead atoms. The summed E-state index contributed by atoms with van der Waals surface area (Å²) < 4.78 is 5.12. The minimum Gasteiger partial charge on any atom is -0.507 e. The van der Waals surface area contributed by atoms with Gasteiger partial charge in [-0.2, -0.15) is 0 Å². The van der Waals surface area contributed by atoms with Crippen LogP contribution in [0.2, 0.25) is 0 Å². The Kier molecular flexibility index (Phi) is 1.95. The average molecular weight is 226 g/mol. The Hall–Kier alpha value is -2.29. The fourth-order valence-electron chi connectivity index (χ4n) is 2.21. The number of fused-ring (bicyclic) bond motifs is 3. The third-order valence-electron chi connectivity index (χ3n) is 2.93. The third-order valence-corrected chi connectivity index (χ3v) is 2.93. The van der Waals surface area contributed by atoms with Gasteiger partial charge in [0.25, 0.3) is 0 Å². The molecule has 0 spiro atoms. The van der Waals surface area contributed by atoms with E-state index in [9.17, 15) is 9.90 Å². The van der Waals surface area contributed by atoms with E-state index < -0.39 is 5.63 Å². The normalized spacial score (nSPS) is 11.1. The fraction of sp³-hybridized carbons (Fsp3) is 0.0714. The SMILES string of the molecule is Cc1cc(=O)oc2cc(O)c3ccccc3c12. The second-order valence-corrected chi connectivity index (χ2v) is 4.06.